The first kappa shape index (κ1) is 16.3. The van der Waals surface area contributed by atoms with Gasteiger partial charge in [0.2, 0.25) is 0 Å². The molecule has 2 aromatic carbocycles. The second-order valence-corrected chi connectivity index (χ2v) is 5.21. The van der Waals surface area contributed by atoms with Crippen LogP contribution in [-0.4, -0.2) is 22.1 Å². The fourth-order valence-corrected chi connectivity index (χ4v) is 2.38. The molecule has 0 aliphatic rings. The van der Waals surface area contributed by atoms with E-state index in [4.69, 9.17) is 9.15 Å². The van der Waals surface area contributed by atoms with E-state index in [2.05, 4.69) is 10.3 Å². The molecule has 0 radical (unpaired) electrons. The summed E-state index contributed by atoms with van der Waals surface area (Å²) in [6.07, 6.45) is 2.98. The van der Waals surface area contributed by atoms with E-state index in [-0.39, 0.29) is 23.7 Å². The van der Waals surface area contributed by atoms with Crippen LogP contribution in [0.3, 0.4) is 0 Å². The Hall–Kier alpha value is -3.55. The number of nitro groups is 1. The molecule has 0 saturated heterocycles. The van der Waals surface area contributed by atoms with Gasteiger partial charge in [-0.25, -0.2) is 4.98 Å². The zero-order chi connectivity index (χ0) is 17.8. The molecule has 0 saturated carbocycles. The number of nitrogens with one attached hydrogen (secondary N) is 1. The minimum absolute atomic E-state index is 0.177. The maximum atomic E-state index is 11.2. The van der Waals surface area contributed by atoms with Crippen LogP contribution < -0.4 is 10.1 Å². The van der Waals surface area contributed by atoms with Crippen LogP contribution in [0.1, 0.15) is 5.56 Å². The Morgan fingerprint density at radius 3 is 2.68 bits per heavy atom. The van der Waals surface area contributed by atoms with Gasteiger partial charge in [0.05, 0.1) is 29.9 Å². The summed E-state index contributed by atoms with van der Waals surface area (Å²) in [7, 11) is 1.39. The van der Waals surface area contributed by atoms with Crippen molar-refractivity contribution in [1.29, 1.82) is 0 Å². The average molecular weight is 341 g/mol. The number of aromatic nitrogens is 1. The molecule has 128 valence electrons. The Labute approximate surface area is 142 Å². The predicted molar refractivity (Wildman–Crippen MR) is 90.6 cm³/mol. The molecule has 0 aliphatic heterocycles. The van der Waals surface area contributed by atoms with Crippen LogP contribution >= 0.6 is 0 Å². The van der Waals surface area contributed by atoms with Crippen LogP contribution in [-0.2, 0) is 6.54 Å². The van der Waals surface area contributed by atoms with Gasteiger partial charge in [-0.1, -0.05) is 0 Å². The van der Waals surface area contributed by atoms with Gasteiger partial charge in [0.1, 0.15) is 0 Å². The maximum Gasteiger partial charge on any atom is 0.278 e. The van der Waals surface area contributed by atoms with Crippen molar-refractivity contribution < 1.29 is 19.2 Å². The molecule has 8 heteroatoms. The molecule has 0 spiro atoms. The van der Waals surface area contributed by atoms with Gasteiger partial charge in [-0.3, -0.25) is 10.1 Å². The first-order valence-corrected chi connectivity index (χ1v) is 7.35. The highest BCUT2D eigenvalue weighted by atomic mass is 16.6. The summed E-state index contributed by atoms with van der Waals surface area (Å²) in [5.74, 6) is 0.572. The van der Waals surface area contributed by atoms with Crippen LogP contribution in [0.25, 0.3) is 11.3 Å². The van der Waals surface area contributed by atoms with E-state index in [0.717, 1.165) is 17.3 Å². The number of hydrogen-bond donors (Lipinski definition) is 2. The summed E-state index contributed by atoms with van der Waals surface area (Å²) in [4.78, 5) is 14.5. The Balaban J connectivity index is 1.78. The van der Waals surface area contributed by atoms with Gasteiger partial charge >= 0.3 is 0 Å². The first-order chi connectivity index (χ1) is 12.1. The summed E-state index contributed by atoms with van der Waals surface area (Å²) >= 11 is 0. The molecule has 0 atom stereocenters. The van der Waals surface area contributed by atoms with Crippen molar-refractivity contribution in [2.75, 3.05) is 12.4 Å². The number of nitrogens with zero attached hydrogens (tertiary/aromatic N) is 2. The molecule has 1 heterocycles. The molecule has 0 bridgehead atoms. The third-order valence-corrected chi connectivity index (χ3v) is 3.66. The van der Waals surface area contributed by atoms with E-state index in [9.17, 15) is 15.2 Å². The van der Waals surface area contributed by atoms with E-state index in [1.807, 2.05) is 24.3 Å². The fourth-order valence-electron chi connectivity index (χ4n) is 2.38. The second kappa shape index (κ2) is 6.91. The largest absolute Gasteiger partial charge is 0.504 e. The van der Waals surface area contributed by atoms with E-state index in [1.165, 1.54) is 19.6 Å². The summed E-state index contributed by atoms with van der Waals surface area (Å²) in [6, 6.07) is 9.91. The molecule has 0 amide bonds. The molecule has 1 aromatic heterocycles. The lowest BCUT2D eigenvalue weighted by atomic mass is 10.1. The standard InChI is InChI=1S/C17H15N3O5/c1-24-16-6-12(14(20(22)23)7-15(16)21)8-19-13-4-2-11(3-5-13)17-9-18-10-25-17/h2-7,9-10,19,21H,8H2,1H3. The lowest BCUT2D eigenvalue weighted by molar-refractivity contribution is -0.385. The van der Waals surface area contributed by atoms with Crippen molar-refractivity contribution >= 4 is 11.4 Å². The third-order valence-electron chi connectivity index (χ3n) is 3.66. The zero-order valence-electron chi connectivity index (χ0n) is 13.3. The van der Waals surface area contributed by atoms with Crippen LogP contribution in [0.2, 0.25) is 0 Å². The minimum atomic E-state index is -0.539. The maximum absolute atomic E-state index is 11.2. The molecule has 3 rings (SSSR count). The summed E-state index contributed by atoms with van der Waals surface area (Å²) in [5, 5.41) is 24.0. The van der Waals surface area contributed by atoms with Crippen molar-refractivity contribution in [2.45, 2.75) is 6.54 Å². The molecular weight excluding hydrogens is 326 g/mol. The van der Waals surface area contributed by atoms with Gasteiger partial charge in [0.15, 0.2) is 23.7 Å². The van der Waals surface area contributed by atoms with E-state index in [0.29, 0.717) is 11.3 Å². The Morgan fingerprint density at radius 2 is 2.08 bits per heavy atom. The Morgan fingerprint density at radius 1 is 1.32 bits per heavy atom. The minimum Gasteiger partial charge on any atom is -0.504 e. The number of aromatic hydroxyl groups is 1. The van der Waals surface area contributed by atoms with E-state index < -0.39 is 4.92 Å². The number of hydrogen-bond acceptors (Lipinski definition) is 7. The van der Waals surface area contributed by atoms with Crippen LogP contribution in [0.5, 0.6) is 11.5 Å². The molecular formula is C17H15N3O5. The van der Waals surface area contributed by atoms with E-state index in [1.54, 1.807) is 6.20 Å². The number of phenols is 1. The predicted octanol–water partition coefficient (Wildman–Crippen LogP) is 3.58. The Kier molecular flexibility index (Phi) is 4.51. The van der Waals surface area contributed by atoms with Crippen molar-refractivity contribution in [2.24, 2.45) is 0 Å². The van der Waals surface area contributed by atoms with Crippen LogP contribution in [0.15, 0.2) is 53.4 Å². The summed E-state index contributed by atoms with van der Waals surface area (Å²) in [6.45, 7) is 0.203. The molecule has 0 fully saturated rings. The van der Waals surface area contributed by atoms with Gasteiger partial charge < -0.3 is 19.6 Å². The van der Waals surface area contributed by atoms with E-state index >= 15 is 0 Å². The molecule has 25 heavy (non-hydrogen) atoms. The number of rotatable bonds is 6. The van der Waals surface area contributed by atoms with Crippen molar-refractivity contribution in [3.8, 4) is 22.8 Å². The monoisotopic (exact) mass is 341 g/mol. The molecule has 0 aliphatic carbocycles. The molecule has 3 aromatic rings. The normalized spacial score (nSPS) is 10.4. The van der Waals surface area contributed by atoms with Crippen molar-refractivity contribution in [3.63, 3.8) is 0 Å². The summed E-state index contributed by atoms with van der Waals surface area (Å²) < 4.78 is 10.2. The first-order valence-electron chi connectivity index (χ1n) is 7.35. The van der Waals surface area contributed by atoms with Gasteiger partial charge in [-0.2, -0.15) is 0 Å². The number of nitro benzene ring substituents is 1. The number of methoxy groups -OCH3 is 1. The number of ether oxygens (including phenoxy) is 1. The quantitative estimate of drug-likeness (QED) is 0.521. The number of oxazole rings is 1. The highest BCUT2D eigenvalue weighted by Gasteiger charge is 2.18. The molecule has 8 nitrogen and oxygen atoms in total. The zero-order valence-corrected chi connectivity index (χ0v) is 13.3. The van der Waals surface area contributed by atoms with Gasteiger partial charge in [0, 0.05) is 17.8 Å². The Bertz CT molecular complexity index is 876. The number of benzene rings is 2. The number of anilines is 1. The second-order valence-electron chi connectivity index (χ2n) is 5.21. The van der Waals surface area contributed by atoms with Crippen LogP contribution in [0, 0.1) is 10.1 Å². The number of phenolic OH excluding ortho intramolecular Hbond substituents is 1. The smallest absolute Gasteiger partial charge is 0.278 e. The van der Waals surface area contributed by atoms with Gasteiger partial charge in [-0.05, 0) is 30.3 Å². The summed E-state index contributed by atoms with van der Waals surface area (Å²) in [5.41, 5.74) is 1.88. The highest BCUT2D eigenvalue weighted by molar-refractivity contribution is 5.61. The molecule has 2 N–H and O–H groups in total. The van der Waals surface area contributed by atoms with Gasteiger partial charge in [-0.15, -0.1) is 0 Å². The van der Waals surface area contributed by atoms with Crippen molar-refractivity contribution in [3.05, 3.63) is 64.7 Å². The lowest BCUT2D eigenvalue weighted by Crippen LogP contribution is -2.04. The lowest BCUT2D eigenvalue weighted by Gasteiger charge is -2.10. The molecule has 0 unspecified atom stereocenters. The highest BCUT2D eigenvalue weighted by Crippen LogP contribution is 2.34. The third kappa shape index (κ3) is 3.52. The fraction of sp³-hybridized carbons (Fsp3) is 0.118. The SMILES string of the molecule is COc1cc(CNc2ccc(-c3cnco3)cc2)c([N+](=O)[O-])cc1O. The topological polar surface area (TPSA) is 111 Å². The van der Waals surface area contributed by atoms with Gasteiger partial charge in [0.25, 0.3) is 5.69 Å². The average Bonchev–Trinajstić information content (AvgIpc) is 3.15. The van der Waals surface area contributed by atoms with Crippen LogP contribution in [0.4, 0.5) is 11.4 Å². The van der Waals surface area contributed by atoms with Crippen molar-refractivity contribution in [1.82, 2.24) is 4.98 Å².